The molecule has 1 aliphatic rings. The topological polar surface area (TPSA) is 63.5 Å². The summed E-state index contributed by atoms with van der Waals surface area (Å²) in [7, 11) is 3.26. The number of methoxy groups -OCH3 is 2. The van der Waals surface area contributed by atoms with Gasteiger partial charge in [0.2, 0.25) is 0 Å². The lowest BCUT2D eigenvalue weighted by atomic mass is 9.86. The number of fused-ring (bicyclic) bond motifs is 1. The van der Waals surface area contributed by atoms with Gasteiger partial charge in [-0.05, 0) is 54.3 Å². The van der Waals surface area contributed by atoms with Gasteiger partial charge in [-0.1, -0.05) is 67.7 Å². The van der Waals surface area contributed by atoms with Crippen molar-refractivity contribution in [1.82, 2.24) is 4.90 Å². The van der Waals surface area contributed by atoms with Crippen molar-refractivity contribution < 1.29 is 14.3 Å². The van der Waals surface area contributed by atoms with Crippen LogP contribution in [0.3, 0.4) is 0 Å². The fraction of sp³-hybridized carbons (Fsp3) is 0.323. The predicted octanol–water partition coefficient (Wildman–Crippen LogP) is 7.64. The van der Waals surface area contributed by atoms with Crippen LogP contribution in [-0.4, -0.2) is 44.0 Å². The maximum atomic E-state index is 14.1. The molecule has 0 radical (unpaired) electrons. The van der Waals surface area contributed by atoms with E-state index in [2.05, 4.69) is 30.8 Å². The number of hydrogen-bond donors (Lipinski definition) is 0. The van der Waals surface area contributed by atoms with Gasteiger partial charge in [-0.3, -0.25) is 4.79 Å². The first-order valence-electron chi connectivity index (χ1n) is 13.0. The van der Waals surface area contributed by atoms with Crippen molar-refractivity contribution in [3.63, 3.8) is 0 Å². The quantitative estimate of drug-likeness (QED) is 0.198. The Kier molecular flexibility index (Phi) is 9.31. The van der Waals surface area contributed by atoms with Gasteiger partial charge in [0.1, 0.15) is 11.5 Å². The van der Waals surface area contributed by atoms with Crippen LogP contribution in [0, 0.1) is 5.92 Å². The molecule has 2 unspecified atom stereocenters. The van der Waals surface area contributed by atoms with Crippen LogP contribution < -0.4 is 9.47 Å². The van der Waals surface area contributed by atoms with E-state index in [1.807, 2.05) is 53.4 Å². The highest BCUT2D eigenvalue weighted by Gasteiger charge is 2.37. The van der Waals surface area contributed by atoms with E-state index < -0.39 is 6.04 Å². The number of carbonyl (C=O) groups excluding carboxylic acids is 1. The van der Waals surface area contributed by atoms with Crippen LogP contribution in [0.1, 0.15) is 65.3 Å². The van der Waals surface area contributed by atoms with Gasteiger partial charge in [0, 0.05) is 35.9 Å². The van der Waals surface area contributed by atoms with Gasteiger partial charge in [0.15, 0.2) is 0 Å². The minimum absolute atomic E-state index is 0.125. The average Bonchev–Trinajstić information content (AvgIpc) is 2.96. The number of halogens is 2. The molecule has 0 saturated heterocycles. The zero-order chi connectivity index (χ0) is 28.1. The van der Waals surface area contributed by atoms with E-state index >= 15 is 0 Å². The van der Waals surface area contributed by atoms with Crippen LogP contribution in [-0.2, 0) is 6.42 Å². The summed E-state index contributed by atoms with van der Waals surface area (Å²) >= 11 is 13.2. The van der Waals surface area contributed by atoms with Crippen molar-refractivity contribution in [3.8, 4) is 11.5 Å². The second-order valence-electron chi connectivity index (χ2n) is 9.55. The van der Waals surface area contributed by atoms with Gasteiger partial charge in [0.25, 0.3) is 5.91 Å². The first-order chi connectivity index (χ1) is 18.9. The molecule has 0 N–H and O–H groups in total. The van der Waals surface area contributed by atoms with Gasteiger partial charge in [-0.2, -0.15) is 10.2 Å². The molecule has 0 bridgehead atoms. The van der Waals surface area contributed by atoms with Crippen LogP contribution in [0.15, 0.2) is 64.8 Å². The molecule has 0 spiro atoms. The number of amides is 1. The molecular weight excluding hydrogens is 533 g/mol. The third-order valence-electron chi connectivity index (χ3n) is 7.23. The molecule has 39 heavy (non-hydrogen) atoms. The van der Waals surface area contributed by atoms with Crippen molar-refractivity contribution in [2.75, 3.05) is 20.8 Å². The molecule has 3 aromatic carbocycles. The molecule has 2 atom stereocenters. The highest BCUT2D eigenvalue weighted by molar-refractivity contribution is 6.42. The highest BCUT2D eigenvalue weighted by Crippen LogP contribution is 2.47. The van der Waals surface area contributed by atoms with Crippen molar-refractivity contribution in [2.45, 2.75) is 39.2 Å². The van der Waals surface area contributed by atoms with Crippen molar-refractivity contribution in [2.24, 2.45) is 16.1 Å². The Labute approximate surface area is 240 Å². The summed E-state index contributed by atoms with van der Waals surface area (Å²) in [6.45, 7) is 8.26. The molecule has 204 valence electrons. The third-order valence-corrected chi connectivity index (χ3v) is 8.07. The van der Waals surface area contributed by atoms with E-state index in [-0.39, 0.29) is 11.8 Å². The number of carbonyl (C=O) groups is 1. The molecule has 1 amide bonds. The summed E-state index contributed by atoms with van der Waals surface area (Å²) in [5, 5.41) is 8.89. The molecule has 1 heterocycles. The lowest BCUT2D eigenvalue weighted by Gasteiger charge is -2.39. The highest BCUT2D eigenvalue weighted by atomic mass is 35.5. The molecule has 0 fully saturated rings. The Morgan fingerprint density at radius 3 is 2.36 bits per heavy atom. The number of rotatable bonds is 9. The zero-order valence-corrected chi connectivity index (χ0v) is 24.2. The predicted molar refractivity (Wildman–Crippen MR) is 159 cm³/mol. The Balaban J connectivity index is 1.80. The van der Waals surface area contributed by atoms with Crippen molar-refractivity contribution in [1.29, 1.82) is 0 Å². The first-order valence-corrected chi connectivity index (χ1v) is 13.7. The Bertz CT molecular complexity index is 1390. The second kappa shape index (κ2) is 12.7. The largest absolute Gasteiger partial charge is 0.496 e. The van der Waals surface area contributed by atoms with Gasteiger partial charge >= 0.3 is 0 Å². The lowest BCUT2D eigenvalue weighted by Crippen LogP contribution is -2.41. The van der Waals surface area contributed by atoms with Gasteiger partial charge < -0.3 is 14.4 Å². The van der Waals surface area contributed by atoms with E-state index in [9.17, 15) is 4.79 Å². The average molecular weight is 567 g/mol. The van der Waals surface area contributed by atoms with Gasteiger partial charge in [0.05, 0.1) is 36.0 Å². The summed E-state index contributed by atoms with van der Waals surface area (Å²) in [6, 6.07) is 16.2. The fourth-order valence-corrected chi connectivity index (χ4v) is 5.79. The first kappa shape index (κ1) is 28.7. The molecule has 0 aromatic heterocycles. The summed E-state index contributed by atoms with van der Waals surface area (Å²) in [5.74, 6) is 1.49. The van der Waals surface area contributed by atoms with Crippen LogP contribution in [0.2, 0.25) is 10.0 Å². The van der Waals surface area contributed by atoms with E-state index in [0.29, 0.717) is 34.3 Å². The minimum Gasteiger partial charge on any atom is -0.496 e. The molecule has 0 saturated carbocycles. The maximum Gasteiger partial charge on any atom is 0.254 e. The van der Waals surface area contributed by atoms with Crippen molar-refractivity contribution >= 4 is 41.5 Å². The Morgan fingerprint density at radius 2 is 1.72 bits per heavy atom. The number of nitrogens with zero attached hydrogens (tertiary/aromatic N) is 3. The van der Waals surface area contributed by atoms with E-state index in [0.717, 1.165) is 46.6 Å². The summed E-state index contributed by atoms with van der Waals surface area (Å²) in [5.41, 5.74) is 4.89. The standard InChI is InChI=1S/C31H33Cl2N3O3/c1-6-8-19(2)29(35-34-3)20-11-13-21(14-12-20)31(37)36-18-17-22-25(38-4)15-16-26(39-5)27(22)30(36)23-9-7-10-24(32)28(23)33/h7,9-16,19,30H,3,6,8,17-18H2,1-2,4-5H3/b35-29+. The summed E-state index contributed by atoms with van der Waals surface area (Å²) in [4.78, 5) is 15.9. The van der Waals surface area contributed by atoms with E-state index in [1.165, 1.54) is 0 Å². The normalized spacial score (nSPS) is 15.9. The van der Waals surface area contributed by atoms with Crippen LogP contribution in [0.4, 0.5) is 0 Å². The molecular formula is C31H33Cl2N3O3. The van der Waals surface area contributed by atoms with Gasteiger partial charge in [-0.15, -0.1) is 0 Å². The smallest absolute Gasteiger partial charge is 0.254 e. The second-order valence-corrected chi connectivity index (χ2v) is 10.3. The molecule has 1 aliphatic heterocycles. The number of hydrogen-bond acceptors (Lipinski definition) is 5. The summed E-state index contributed by atoms with van der Waals surface area (Å²) in [6.07, 6.45) is 2.62. The SMILES string of the molecule is C=N/N=C(/c1ccc(C(=O)N2CCc3c(OC)ccc(OC)c3C2c2cccc(Cl)c2Cl)cc1)C(C)CCC. The van der Waals surface area contributed by atoms with E-state index in [1.54, 1.807) is 20.3 Å². The maximum absolute atomic E-state index is 14.1. The Morgan fingerprint density at radius 1 is 1.05 bits per heavy atom. The van der Waals surface area contributed by atoms with Crippen LogP contribution in [0.25, 0.3) is 0 Å². The lowest BCUT2D eigenvalue weighted by molar-refractivity contribution is 0.0691. The minimum atomic E-state index is -0.524. The molecule has 4 rings (SSSR count). The van der Waals surface area contributed by atoms with Crippen molar-refractivity contribution in [3.05, 3.63) is 92.5 Å². The fourth-order valence-electron chi connectivity index (χ4n) is 5.38. The molecule has 6 nitrogen and oxygen atoms in total. The summed E-state index contributed by atoms with van der Waals surface area (Å²) < 4.78 is 11.5. The molecule has 8 heteroatoms. The number of benzene rings is 3. The van der Waals surface area contributed by atoms with Crippen LogP contribution >= 0.6 is 23.2 Å². The van der Waals surface area contributed by atoms with Gasteiger partial charge in [-0.25, -0.2) is 0 Å². The molecule has 0 aliphatic carbocycles. The van der Waals surface area contributed by atoms with E-state index in [4.69, 9.17) is 32.7 Å². The number of ether oxygens (including phenoxy) is 2. The van der Waals surface area contributed by atoms with Crippen LogP contribution in [0.5, 0.6) is 11.5 Å². The Hall–Kier alpha value is -3.35. The zero-order valence-electron chi connectivity index (χ0n) is 22.7. The monoisotopic (exact) mass is 565 g/mol. The molecule has 3 aromatic rings. The third kappa shape index (κ3) is 5.68.